The molecule has 8 heteroatoms. The molecule has 2 aliphatic heterocycles. The molecule has 0 aromatic heterocycles. The maximum atomic E-state index is 11.7. The van der Waals surface area contributed by atoms with Crippen molar-refractivity contribution in [1.29, 1.82) is 0 Å². The molecule has 0 aromatic carbocycles. The number of hydrogen-bond acceptors (Lipinski definition) is 5. The number of rotatable bonds is 2. The molecule has 0 bridgehead atoms. The summed E-state index contributed by atoms with van der Waals surface area (Å²) in [4.78, 5) is 22.5. The van der Waals surface area contributed by atoms with Crippen LogP contribution in [0.15, 0.2) is 5.10 Å². The largest absolute Gasteiger partial charge is 0.347 e. The summed E-state index contributed by atoms with van der Waals surface area (Å²) in [7, 11) is -3.00. The Morgan fingerprint density at radius 3 is 2.71 bits per heavy atom. The van der Waals surface area contributed by atoms with Gasteiger partial charge in [-0.05, 0) is 6.42 Å². The third-order valence-electron chi connectivity index (χ3n) is 2.73. The van der Waals surface area contributed by atoms with Crippen molar-refractivity contribution in [3.05, 3.63) is 0 Å². The van der Waals surface area contributed by atoms with Crippen molar-refractivity contribution >= 4 is 27.4 Å². The molecule has 2 heterocycles. The molecule has 17 heavy (non-hydrogen) atoms. The Labute approximate surface area is 98.6 Å². The molecule has 0 spiro atoms. The van der Waals surface area contributed by atoms with E-state index in [0.29, 0.717) is 6.42 Å². The zero-order chi connectivity index (χ0) is 12.5. The van der Waals surface area contributed by atoms with Gasteiger partial charge in [0.25, 0.3) is 5.91 Å². The van der Waals surface area contributed by atoms with Crippen molar-refractivity contribution in [2.24, 2.45) is 5.10 Å². The minimum absolute atomic E-state index is 0.0155. The smallest absolute Gasteiger partial charge is 0.267 e. The highest BCUT2D eigenvalue weighted by Crippen LogP contribution is 2.11. The van der Waals surface area contributed by atoms with E-state index in [0.717, 1.165) is 0 Å². The highest BCUT2D eigenvalue weighted by Gasteiger charge is 2.30. The van der Waals surface area contributed by atoms with Gasteiger partial charge in [0, 0.05) is 18.9 Å². The minimum atomic E-state index is -3.00. The van der Waals surface area contributed by atoms with Crippen LogP contribution in [0.5, 0.6) is 0 Å². The topological polar surface area (TPSA) is 105 Å². The van der Waals surface area contributed by atoms with Crippen LogP contribution in [0.3, 0.4) is 0 Å². The van der Waals surface area contributed by atoms with Gasteiger partial charge in [0.1, 0.15) is 5.71 Å². The molecule has 0 aliphatic carbocycles. The lowest BCUT2D eigenvalue weighted by Crippen LogP contribution is -2.42. The van der Waals surface area contributed by atoms with Crippen molar-refractivity contribution in [2.45, 2.75) is 25.3 Å². The standard InChI is InChI=1S/C9H13N3O4S/c13-8-2-1-7(11-12-8)9(14)10-6-3-4-17(15,16)5-6/h6H,1-5H2,(H,10,14)(H,12,13). The lowest BCUT2D eigenvalue weighted by molar-refractivity contribution is -0.121. The monoisotopic (exact) mass is 259 g/mol. The van der Waals surface area contributed by atoms with Crippen LogP contribution in [0.2, 0.25) is 0 Å². The van der Waals surface area contributed by atoms with E-state index < -0.39 is 15.7 Å². The molecular formula is C9H13N3O4S. The van der Waals surface area contributed by atoms with E-state index in [1.54, 1.807) is 0 Å². The number of sulfone groups is 1. The SMILES string of the molecule is O=C1CCC(C(=O)NC2CCS(=O)(=O)C2)=NN1. The van der Waals surface area contributed by atoms with Crippen molar-refractivity contribution in [1.82, 2.24) is 10.7 Å². The molecule has 0 aromatic rings. The summed E-state index contributed by atoms with van der Waals surface area (Å²) in [5.41, 5.74) is 2.47. The van der Waals surface area contributed by atoms with Crippen molar-refractivity contribution in [3.63, 3.8) is 0 Å². The Kier molecular flexibility index (Phi) is 3.14. The van der Waals surface area contributed by atoms with Crippen LogP contribution in [-0.2, 0) is 19.4 Å². The van der Waals surface area contributed by atoms with Crippen LogP contribution in [0, 0.1) is 0 Å². The maximum absolute atomic E-state index is 11.7. The highest BCUT2D eigenvalue weighted by atomic mass is 32.2. The highest BCUT2D eigenvalue weighted by molar-refractivity contribution is 7.91. The van der Waals surface area contributed by atoms with E-state index in [1.807, 2.05) is 0 Å². The Morgan fingerprint density at radius 2 is 2.18 bits per heavy atom. The first-order valence-corrected chi connectivity index (χ1v) is 7.15. The summed E-state index contributed by atoms with van der Waals surface area (Å²) in [6.45, 7) is 0. The number of hydrogen-bond donors (Lipinski definition) is 2. The summed E-state index contributed by atoms with van der Waals surface area (Å²) in [5.74, 6) is -0.517. The second-order valence-corrected chi connectivity index (χ2v) is 6.40. The molecule has 94 valence electrons. The first kappa shape index (κ1) is 12.0. The van der Waals surface area contributed by atoms with Gasteiger partial charge in [-0.15, -0.1) is 0 Å². The Hall–Kier alpha value is -1.44. The van der Waals surface area contributed by atoms with Crippen molar-refractivity contribution in [2.75, 3.05) is 11.5 Å². The molecule has 2 N–H and O–H groups in total. The van der Waals surface area contributed by atoms with Crippen LogP contribution in [0.4, 0.5) is 0 Å². The van der Waals surface area contributed by atoms with Crippen LogP contribution >= 0.6 is 0 Å². The molecular weight excluding hydrogens is 246 g/mol. The van der Waals surface area contributed by atoms with Gasteiger partial charge in [0.2, 0.25) is 5.91 Å². The van der Waals surface area contributed by atoms with Crippen LogP contribution < -0.4 is 10.7 Å². The molecule has 1 atom stereocenters. The summed E-state index contributed by atoms with van der Waals surface area (Å²) >= 11 is 0. The van der Waals surface area contributed by atoms with E-state index in [9.17, 15) is 18.0 Å². The number of carbonyl (C=O) groups excluding carboxylic acids is 2. The van der Waals surface area contributed by atoms with Crippen LogP contribution in [0.25, 0.3) is 0 Å². The normalized spacial score (nSPS) is 27.2. The third-order valence-corrected chi connectivity index (χ3v) is 4.50. The van der Waals surface area contributed by atoms with E-state index in [4.69, 9.17) is 0 Å². The fourth-order valence-electron chi connectivity index (χ4n) is 1.82. The molecule has 1 saturated heterocycles. The molecule has 7 nitrogen and oxygen atoms in total. The van der Waals surface area contributed by atoms with Gasteiger partial charge in [-0.1, -0.05) is 0 Å². The van der Waals surface area contributed by atoms with Gasteiger partial charge in [-0.25, -0.2) is 13.8 Å². The summed E-state index contributed by atoms with van der Waals surface area (Å²) in [5, 5.41) is 6.26. The first-order valence-electron chi connectivity index (χ1n) is 5.33. The predicted molar refractivity (Wildman–Crippen MR) is 60.0 cm³/mol. The van der Waals surface area contributed by atoms with E-state index in [2.05, 4.69) is 15.8 Å². The van der Waals surface area contributed by atoms with Crippen molar-refractivity contribution < 1.29 is 18.0 Å². The van der Waals surface area contributed by atoms with Crippen LogP contribution in [0.1, 0.15) is 19.3 Å². The lowest BCUT2D eigenvalue weighted by Gasteiger charge is -2.14. The molecule has 1 unspecified atom stereocenters. The maximum Gasteiger partial charge on any atom is 0.267 e. The van der Waals surface area contributed by atoms with Gasteiger partial charge in [-0.3, -0.25) is 9.59 Å². The average Bonchev–Trinajstić information content (AvgIpc) is 2.59. The molecule has 2 amide bonds. The zero-order valence-corrected chi connectivity index (χ0v) is 9.92. The van der Waals surface area contributed by atoms with Crippen molar-refractivity contribution in [3.8, 4) is 0 Å². The Morgan fingerprint density at radius 1 is 1.41 bits per heavy atom. The molecule has 0 saturated carbocycles. The zero-order valence-electron chi connectivity index (χ0n) is 9.10. The summed E-state index contributed by atoms with van der Waals surface area (Å²) in [6, 6.07) is -0.340. The van der Waals surface area contributed by atoms with E-state index >= 15 is 0 Å². The number of nitrogens with zero attached hydrogens (tertiary/aromatic N) is 1. The minimum Gasteiger partial charge on any atom is -0.347 e. The average molecular weight is 259 g/mol. The molecule has 1 fully saturated rings. The fraction of sp³-hybridized carbons (Fsp3) is 0.667. The molecule has 2 aliphatic rings. The summed E-state index contributed by atoms with van der Waals surface area (Å²) in [6.07, 6.45) is 0.958. The molecule has 0 radical (unpaired) electrons. The van der Waals surface area contributed by atoms with Gasteiger partial charge < -0.3 is 5.32 Å². The Bertz CT molecular complexity index is 482. The third kappa shape index (κ3) is 3.02. The van der Waals surface area contributed by atoms with Crippen LogP contribution in [-0.4, -0.2) is 43.5 Å². The van der Waals surface area contributed by atoms with Gasteiger partial charge in [0.05, 0.1) is 11.5 Å². The number of nitrogens with one attached hydrogen (secondary N) is 2. The Balaban J connectivity index is 1.92. The van der Waals surface area contributed by atoms with Gasteiger partial charge >= 0.3 is 0 Å². The van der Waals surface area contributed by atoms with E-state index in [-0.39, 0.29) is 42.0 Å². The first-order chi connectivity index (χ1) is 7.96. The number of carbonyl (C=O) groups is 2. The van der Waals surface area contributed by atoms with Gasteiger partial charge in [0.15, 0.2) is 9.84 Å². The number of amides is 2. The fourth-order valence-corrected chi connectivity index (χ4v) is 3.49. The predicted octanol–water partition coefficient (Wildman–Crippen LogP) is -1.44. The van der Waals surface area contributed by atoms with E-state index in [1.165, 1.54) is 0 Å². The number of hydrazone groups is 1. The second-order valence-electron chi connectivity index (χ2n) is 4.17. The summed E-state index contributed by atoms with van der Waals surface area (Å²) < 4.78 is 22.4. The quantitative estimate of drug-likeness (QED) is 0.633. The lowest BCUT2D eigenvalue weighted by atomic mass is 10.1. The van der Waals surface area contributed by atoms with Gasteiger partial charge in [-0.2, -0.15) is 5.10 Å². The second kappa shape index (κ2) is 4.44. The molecule has 2 rings (SSSR count).